The molecule has 3 rings (SSSR count). The van der Waals surface area contributed by atoms with Gasteiger partial charge in [-0.05, 0) is 24.1 Å². The van der Waals surface area contributed by atoms with Gasteiger partial charge in [0.2, 0.25) is 0 Å². The van der Waals surface area contributed by atoms with Crippen LogP contribution in [0.25, 0.3) is 5.57 Å². The maximum atomic E-state index is 10.9. The van der Waals surface area contributed by atoms with Crippen molar-refractivity contribution in [3.63, 3.8) is 0 Å². The monoisotopic (exact) mass is 309 g/mol. The fourth-order valence-electron chi connectivity index (χ4n) is 3.20. The number of nitrogens with one attached hydrogen (secondary N) is 1. The number of nitro groups is 1. The summed E-state index contributed by atoms with van der Waals surface area (Å²) in [5, 5.41) is 10.9. The molecular formula is C19H21N2O2+. The van der Waals surface area contributed by atoms with Crippen molar-refractivity contribution >= 4 is 11.3 Å². The molecule has 0 saturated heterocycles. The van der Waals surface area contributed by atoms with E-state index in [1.54, 1.807) is 18.2 Å². The van der Waals surface area contributed by atoms with Crippen LogP contribution in [0, 0.1) is 10.1 Å². The summed E-state index contributed by atoms with van der Waals surface area (Å²) in [7, 11) is 0. The molecule has 0 aromatic heterocycles. The van der Waals surface area contributed by atoms with Gasteiger partial charge in [-0.25, -0.2) is 0 Å². The van der Waals surface area contributed by atoms with Gasteiger partial charge in [-0.3, -0.25) is 10.1 Å². The van der Waals surface area contributed by atoms with E-state index in [1.807, 2.05) is 12.1 Å². The van der Waals surface area contributed by atoms with E-state index in [0.29, 0.717) is 0 Å². The molecule has 23 heavy (non-hydrogen) atoms. The van der Waals surface area contributed by atoms with Crippen LogP contribution in [0.2, 0.25) is 0 Å². The molecule has 4 nitrogen and oxygen atoms in total. The summed E-state index contributed by atoms with van der Waals surface area (Å²) >= 11 is 0. The Balaban J connectivity index is 1.73. The number of nitrogens with zero attached hydrogens (tertiary/aromatic N) is 1. The molecule has 4 heteroatoms. The Kier molecular flexibility index (Phi) is 4.53. The number of non-ortho nitro benzene ring substituents is 1. The summed E-state index contributed by atoms with van der Waals surface area (Å²) in [4.78, 5) is 12.1. The zero-order valence-electron chi connectivity index (χ0n) is 13.2. The molecule has 2 aromatic carbocycles. The molecule has 118 valence electrons. The highest BCUT2D eigenvalue weighted by atomic mass is 16.6. The molecule has 2 atom stereocenters. The molecule has 1 heterocycles. The molecule has 0 amide bonds. The van der Waals surface area contributed by atoms with Crippen LogP contribution in [0.1, 0.15) is 30.5 Å². The second-order valence-electron chi connectivity index (χ2n) is 6.03. The van der Waals surface area contributed by atoms with E-state index in [0.717, 1.165) is 25.1 Å². The maximum Gasteiger partial charge on any atom is 0.269 e. The SMILES string of the molecule is C[C@@H](c1cccc([N+](=O)[O-])c1)[NH+]1CC=C(c2ccccc2)CC1. The van der Waals surface area contributed by atoms with Crippen LogP contribution in [0.15, 0.2) is 60.7 Å². The van der Waals surface area contributed by atoms with Gasteiger partial charge >= 0.3 is 0 Å². The Morgan fingerprint density at radius 2 is 1.91 bits per heavy atom. The molecule has 0 fully saturated rings. The number of hydrogen-bond donors (Lipinski definition) is 1. The molecule has 0 aliphatic carbocycles. The minimum absolute atomic E-state index is 0.172. The summed E-state index contributed by atoms with van der Waals surface area (Å²) in [5.41, 5.74) is 3.91. The lowest BCUT2D eigenvalue weighted by atomic mass is 9.97. The molecule has 0 spiro atoms. The molecule has 1 unspecified atom stereocenters. The number of benzene rings is 2. The zero-order chi connectivity index (χ0) is 16.2. The molecule has 1 aliphatic heterocycles. The lowest BCUT2D eigenvalue weighted by molar-refractivity contribution is -0.925. The first kappa shape index (κ1) is 15.4. The lowest BCUT2D eigenvalue weighted by Crippen LogP contribution is -3.12. The summed E-state index contributed by atoms with van der Waals surface area (Å²) < 4.78 is 0. The first-order valence-corrected chi connectivity index (χ1v) is 7.98. The number of hydrogen-bond acceptors (Lipinski definition) is 2. The van der Waals surface area contributed by atoms with E-state index in [1.165, 1.54) is 16.0 Å². The second kappa shape index (κ2) is 6.75. The Morgan fingerprint density at radius 1 is 1.13 bits per heavy atom. The predicted octanol–water partition coefficient (Wildman–Crippen LogP) is 3.03. The third-order valence-corrected chi connectivity index (χ3v) is 4.66. The Labute approximate surface area is 136 Å². The molecular weight excluding hydrogens is 288 g/mol. The average Bonchev–Trinajstić information content (AvgIpc) is 2.62. The van der Waals surface area contributed by atoms with Gasteiger partial charge in [-0.2, -0.15) is 0 Å². The van der Waals surface area contributed by atoms with Crippen molar-refractivity contribution in [2.75, 3.05) is 13.1 Å². The van der Waals surface area contributed by atoms with Gasteiger partial charge in [0.25, 0.3) is 5.69 Å². The van der Waals surface area contributed by atoms with Gasteiger partial charge in [-0.1, -0.05) is 42.5 Å². The predicted molar refractivity (Wildman–Crippen MR) is 91.2 cm³/mol. The third kappa shape index (κ3) is 3.48. The minimum Gasteiger partial charge on any atom is -0.325 e. The Bertz CT molecular complexity index is 725. The Hall–Kier alpha value is -2.46. The third-order valence-electron chi connectivity index (χ3n) is 4.66. The van der Waals surface area contributed by atoms with Gasteiger partial charge in [0, 0.05) is 24.1 Å². The largest absolute Gasteiger partial charge is 0.325 e. The van der Waals surface area contributed by atoms with Crippen LogP contribution >= 0.6 is 0 Å². The minimum atomic E-state index is -0.324. The topological polar surface area (TPSA) is 47.6 Å². The molecule has 1 aliphatic rings. The van der Waals surface area contributed by atoms with Crippen molar-refractivity contribution in [1.29, 1.82) is 0 Å². The highest BCUT2D eigenvalue weighted by Gasteiger charge is 2.23. The van der Waals surface area contributed by atoms with Crippen LogP contribution in [-0.2, 0) is 0 Å². The first-order chi connectivity index (χ1) is 11.1. The molecule has 0 radical (unpaired) electrons. The number of rotatable bonds is 4. The summed E-state index contributed by atoms with van der Waals surface area (Å²) in [6.07, 6.45) is 3.35. The van der Waals surface area contributed by atoms with Crippen molar-refractivity contribution in [2.24, 2.45) is 0 Å². The van der Waals surface area contributed by atoms with Gasteiger partial charge in [0.1, 0.15) is 6.04 Å². The normalized spacial score (nSPS) is 19.0. The van der Waals surface area contributed by atoms with Crippen LogP contribution in [0.5, 0.6) is 0 Å². The van der Waals surface area contributed by atoms with Gasteiger partial charge in [0.05, 0.1) is 18.0 Å². The van der Waals surface area contributed by atoms with Gasteiger partial charge in [0.15, 0.2) is 0 Å². The van der Waals surface area contributed by atoms with Gasteiger partial charge < -0.3 is 4.90 Å². The van der Waals surface area contributed by atoms with Crippen molar-refractivity contribution in [2.45, 2.75) is 19.4 Å². The smallest absolute Gasteiger partial charge is 0.269 e. The van der Waals surface area contributed by atoms with Gasteiger partial charge in [-0.15, -0.1) is 0 Å². The lowest BCUT2D eigenvalue weighted by Gasteiger charge is -2.29. The van der Waals surface area contributed by atoms with E-state index in [9.17, 15) is 10.1 Å². The van der Waals surface area contributed by atoms with Crippen molar-refractivity contribution < 1.29 is 9.82 Å². The zero-order valence-corrected chi connectivity index (χ0v) is 13.2. The Morgan fingerprint density at radius 3 is 2.57 bits per heavy atom. The quantitative estimate of drug-likeness (QED) is 0.697. The highest BCUT2D eigenvalue weighted by molar-refractivity contribution is 5.65. The van der Waals surface area contributed by atoms with E-state index >= 15 is 0 Å². The van der Waals surface area contributed by atoms with E-state index in [-0.39, 0.29) is 16.7 Å². The summed E-state index contributed by atoms with van der Waals surface area (Å²) in [5.74, 6) is 0. The van der Waals surface area contributed by atoms with Crippen LogP contribution < -0.4 is 4.90 Å². The average molecular weight is 309 g/mol. The summed E-state index contributed by atoms with van der Waals surface area (Å²) in [6.45, 7) is 4.15. The van der Waals surface area contributed by atoms with Crippen molar-refractivity contribution in [1.82, 2.24) is 0 Å². The van der Waals surface area contributed by atoms with Crippen LogP contribution in [0.3, 0.4) is 0 Å². The molecule has 2 aromatic rings. The highest BCUT2D eigenvalue weighted by Crippen LogP contribution is 2.21. The first-order valence-electron chi connectivity index (χ1n) is 7.98. The standard InChI is InChI=1S/C19H20N2O2/c1-15(18-8-5-9-19(14-18)21(22)23)20-12-10-17(11-13-20)16-6-3-2-4-7-16/h2-10,14-15H,11-13H2,1H3/p+1/t15-/m0/s1. The maximum absolute atomic E-state index is 10.9. The van der Waals surface area contributed by atoms with Crippen molar-refractivity contribution in [3.05, 3.63) is 81.9 Å². The number of nitro benzene ring substituents is 1. The molecule has 0 bridgehead atoms. The van der Waals surface area contributed by atoms with E-state index in [4.69, 9.17) is 0 Å². The molecule has 1 N–H and O–H groups in total. The van der Waals surface area contributed by atoms with Crippen LogP contribution in [-0.4, -0.2) is 18.0 Å². The number of quaternary nitrogens is 1. The van der Waals surface area contributed by atoms with E-state index < -0.39 is 0 Å². The fraction of sp³-hybridized carbons (Fsp3) is 0.263. The van der Waals surface area contributed by atoms with Crippen molar-refractivity contribution in [3.8, 4) is 0 Å². The summed E-state index contributed by atoms with van der Waals surface area (Å²) in [6, 6.07) is 17.8. The van der Waals surface area contributed by atoms with E-state index in [2.05, 4.69) is 37.3 Å². The van der Waals surface area contributed by atoms with Crippen LogP contribution in [0.4, 0.5) is 5.69 Å². The second-order valence-corrected chi connectivity index (χ2v) is 6.03. The fourth-order valence-corrected chi connectivity index (χ4v) is 3.20. The molecule has 0 saturated carbocycles.